The lowest BCUT2D eigenvalue weighted by Gasteiger charge is -2.12. The minimum absolute atomic E-state index is 0.475. The van der Waals surface area contributed by atoms with Crippen molar-refractivity contribution in [2.24, 2.45) is 0 Å². The maximum absolute atomic E-state index is 6.34. The third-order valence-electron chi connectivity index (χ3n) is 4.00. The van der Waals surface area contributed by atoms with Crippen LogP contribution in [0.3, 0.4) is 0 Å². The molecule has 0 radical (unpaired) electrons. The van der Waals surface area contributed by atoms with Crippen LogP contribution in [0.5, 0.6) is 0 Å². The number of aryl methyl sites for hydroxylation is 1. The summed E-state index contributed by atoms with van der Waals surface area (Å²) in [5.74, 6) is 1.33. The predicted octanol–water partition coefficient (Wildman–Crippen LogP) is 4.82. The zero-order valence-electron chi connectivity index (χ0n) is 13.8. The highest BCUT2D eigenvalue weighted by atomic mass is 35.5. The van der Waals surface area contributed by atoms with Crippen molar-refractivity contribution >= 4 is 29.1 Å². The zero-order valence-corrected chi connectivity index (χ0v) is 14.6. The van der Waals surface area contributed by atoms with E-state index in [1.807, 2.05) is 43.3 Å². The number of hydrogen-bond acceptors (Lipinski definition) is 5. The van der Waals surface area contributed by atoms with Crippen LogP contribution in [0.15, 0.2) is 48.8 Å². The van der Waals surface area contributed by atoms with Gasteiger partial charge in [-0.25, -0.2) is 4.98 Å². The van der Waals surface area contributed by atoms with Gasteiger partial charge in [0.1, 0.15) is 5.82 Å². The van der Waals surface area contributed by atoms with Crippen LogP contribution in [-0.2, 0) is 0 Å². The minimum atomic E-state index is 0.475. The fourth-order valence-electron chi connectivity index (χ4n) is 2.52. The van der Waals surface area contributed by atoms with Crippen molar-refractivity contribution in [2.75, 3.05) is 10.6 Å². The third kappa shape index (κ3) is 3.88. The van der Waals surface area contributed by atoms with E-state index in [0.29, 0.717) is 22.8 Å². The molecule has 1 fully saturated rings. The number of halogens is 1. The van der Waals surface area contributed by atoms with E-state index in [1.165, 1.54) is 0 Å². The second kappa shape index (κ2) is 6.69. The number of aromatic nitrogens is 3. The van der Waals surface area contributed by atoms with E-state index in [4.69, 9.17) is 11.6 Å². The standard InChI is InChI=1S/C19H18ClN5/c1-12-2-5-16(15(20)10-12)23-18-11-17(13-6-8-21-9-7-13)24-19(25-18)22-14-3-4-14/h2,5-11,14H,3-4H2,1H3,(H2,22,23,24,25). The van der Waals surface area contributed by atoms with Crippen LogP contribution in [0.25, 0.3) is 11.3 Å². The Morgan fingerprint density at radius 3 is 2.56 bits per heavy atom. The van der Waals surface area contributed by atoms with Crippen molar-refractivity contribution in [1.29, 1.82) is 0 Å². The monoisotopic (exact) mass is 351 g/mol. The molecule has 5 nitrogen and oxygen atoms in total. The van der Waals surface area contributed by atoms with Crippen LogP contribution in [0.2, 0.25) is 5.02 Å². The fourth-order valence-corrected chi connectivity index (χ4v) is 2.80. The van der Waals surface area contributed by atoms with Crippen molar-refractivity contribution < 1.29 is 0 Å². The Morgan fingerprint density at radius 2 is 1.84 bits per heavy atom. The molecule has 1 saturated carbocycles. The van der Waals surface area contributed by atoms with Gasteiger partial charge in [-0.1, -0.05) is 17.7 Å². The first-order valence-corrected chi connectivity index (χ1v) is 8.64. The van der Waals surface area contributed by atoms with Crippen molar-refractivity contribution in [3.05, 3.63) is 59.4 Å². The zero-order chi connectivity index (χ0) is 17.2. The Bertz CT molecular complexity index is 894. The largest absolute Gasteiger partial charge is 0.351 e. The van der Waals surface area contributed by atoms with E-state index >= 15 is 0 Å². The van der Waals surface area contributed by atoms with Gasteiger partial charge in [-0.3, -0.25) is 4.98 Å². The van der Waals surface area contributed by atoms with E-state index in [9.17, 15) is 0 Å². The van der Waals surface area contributed by atoms with Crippen LogP contribution in [-0.4, -0.2) is 21.0 Å². The van der Waals surface area contributed by atoms with Crippen molar-refractivity contribution in [1.82, 2.24) is 15.0 Å². The number of benzene rings is 1. The average Bonchev–Trinajstić information content (AvgIpc) is 3.42. The molecule has 0 amide bonds. The average molecular weight is 352 g/mol. The summed E-state index contributed by atoms with van der Waals surface area (Å²) in [6, 6.07) is 12.2. The van der Waals surface area contributed by atoms with Gasteiger partial charge in [-0.15, -0.1) is 0 Å². The first-order valence-electron chi connectivity index (χ1n) is 8.26. The molecular formula is C19H18ClN5. The van der Waals surface area contributed by atoms with Crippen LogP contribution in [0, 0.1) is 6.92 Å². The molecule has 0 bridgehead atoms. The van der Waals surface area contributed by atoms with E-state index in [2.05, 4.69) is 25.6 Å². The maximum Gasteiger partial charge on any atom is 0.225 e. The second-order valence-electron chi connectivity index (χ2n) is 6.22. The van der Waals surface area contributed by atoms with E-state index < -0.39 is 0 Å². The molecule has 4 rings (SSSR count). The number of rotatable bonds is 5. The molecule has 0 aliphatic heterocycles. The smallest absolute Gasteiger partial charge is 0.225 e. The maximum atomic E-state index is 6.34. The SMILES string of the molecule is Cc1ccc(Nc2cc(-c3ccncc3)nc(NC3CC3)n2)c(Cl)c1. The Morgan fingerprint density at radius 1 is 1.04 bits per heavy atom. The quantitative estimate of drug-likeness (QED) is 0.690. The lowest BCUT2D eigenvalue weighted by Crippen LogP contribution is -2.07. The summed E-state index contributed by atoms with van der Waals surface area (Å²) in [6.07, 6.45) is 5.84. The van der Waals surface area contributed by atoms with Gasteiger partial charge in [0.25, 0.3) is 0 Å². The highest BCUT2D eigenvalue weighted by Gasteiger charge is 2.22. The first-order chi connectivity index (χ1) is 12.2. The molecule has 0 unspecified atom stereocenters. The predicted molar refractivity (Wildman–Crippen MR) is 101 cm³/mol. The summed E-state index contributed by atoms with van der Waals surface area (Å²) >= 11 is 6.34. The summed E-state index contributed by atoms with van der Waals surface area (Å²) in [5, 5.41) is 7.34. The number of anilines is 3. The van der Waals surface area contributed by atoms with E-state index in [-0.39, 0.29) is 0 Å². The van der Waals surface area contributed by atoms with Gasteiger partial charge in [0.05, 0.1) is 16.4 Å². The fraction of sp³-hybridized carbons (Fsp3) is 0.211. The van der Waals surface area contributed by atoms with Crippen molar-refractivity contribution in [2.45, 2.75) is 25.8 Å². The molecule has 0 atom stereocenters. The van der Waals surface area contributed by atoms with Crippen LogP contribution in [0.4, 0.5) is 17.5 Å². The summed E-state index contributed by atoms with van der Waals surface area (Å²) < 4.78 is 0. The molecule has 6 heteroatoms. The molecule has 1 aromatic carbocycles. The van der Waals surface area contributed by atoms with Gasteiger partial charge in [0.15, 0.2) is 0 Å². The summed E-state index contributed by atoms with van der Waals surface area (Å²) in [4.78, 5) is 13.3. The summed E-state index contributed by atoms with van der Waals surface area (Å²) in [6.45, 7) is 2.01. The normalized spacial score (nSPS) is 13.5. The van der Waals surface area contributed by atoms with Gasteiger partial charge in [-0.2, -0.15) is 4.98 Å². The van der Waals surface area contributed by atoms with Gasteiger partial charge >= 0.3 is 0 Å². The molecule has 2 heterocycles. The summed E-state index contributed by atoms with van der Waals surface area (Å²) in [5.41, 5.74) is 3.77. The Hall–Kier alpha value is -2.66. The summed E-state index contributed by atoms with van der Waals surface area (Å²) in [7, 11) is 0. The molecule has 2 N–H and O–H groups in total. The number of nitrogens with zero attached hydrogens (tertiary/aromatic N) is 3. The Kier molecular flexibility index (Phi) is 4.24. The molecule has 0 spiro atoms. The molecule has 1 aliphatic rings. The van der Waals surface area contributed by atoms with Crippen molar-refractivity contribution in [3.8, 4) is 11.3 Å². The number of nitrogens with one attached hydrogen (secondary N) is 2. The van der Waals surface area contributed by atoms with E-state index in [0.717, 1.165) is 35.3 Å². The highest BCUT2D eigenvalue weighted by molar-refractivity contribution is 6.33. The van der Waals surface area contributed by atoms with Crippen LogP contribution < -0.4 is 10.6 Å². The highest BCUT2D eigenvalue weighted by Crippen LogP contribution is 2.29. The number of pyridine rings is 1. The third-order valence-corrected chi connectivity index (χ3v) is 4.31. The van der Waals surface area contributed by atoms with Gasteiger partial charge in [-0.05, 0) is 49.6 Å². The second-order valence-corrected chi connectivity index (χ2v) is 6.63. The van der Waals surface area contributed by atoms with Gasteiger partial charge in [0, 0.05) is 30.1 Å². The Balaban J connectivity index is 1.70. The Labute approximate surface area is 151 Å². The van der Waals surface area contributed by atoms with E-state index in [1.54, 1.807) is 12.4 Å². The molecule has 0 saturated heterocycles. The topological polar surface area (TPSA) is 62.7 Å². The van der Waals surface area contributed by atoms with Gasteiger partial charge in [0.2, 0.25) is 5.95 Å². The first kappa shape index (κ1) is 15.8. The molecule has 126 valence electrons. The molecule has 25 heavy (non-hydrogen) atoms. The van der Waals surface area contributed by atoms with Crippen LogP contribution in [0.1, 0.15) is 18.4 Å². The molecule has 2 aromatic heterocycles. The lowest BCUT2D eigenvalue weighted by molar-refractivity contribution is 1.06. The number of hydrogen-bond donors (Lipinski definition) is 2. The van der Waals surface area contributed by atoms with Gasteiger partial charge < -0.3 is 10.6 Å². The van der Waals surface area contributed by atoms with Crippen molar-refractivity contribution in [3.63, 3.8) is 0 Å². The molecular weight excluding hydrogens is 334 g/mol. The minimum Gasteiger partial charge on any atom is -0.351 e. The molecule has 3 aromatic rings. The molecule has 1 aliphatic carbocycles. The van der Waals surface area contributed by atoms with Crippen LogP contribution >= 0.6 is 11.6 Å². The lowest BCUT2D eigenvalue weighted by atomic mass is 10.2.